The van der Waals surface area contributed by atoms with Crippen LogP contribution in [0.3, 0.4) is 0 Å². The van der Waals surface area contributed by atoms with Gasteiger partial charge in [-0.3, -0.25) is 4.79 Å². The molecule has 0 fully saturated rings. The van der Waals surface area contributed by atoms with Crippen molar-refractivity contribution in [3.05, 3.63) is 112 Å². The molecule has 0 bridgehead atoms. The molecule has 0 saturated carbocycles. The third-order valence-corrected chi connectivity index (χ3v) is 6.15. The highest BCUT2D eigenvalue weighted by Crippen LogP contribution is 2.21. The lowest BCUT2D eigenvalue weighted by atomic mass is 10.1. The second-order valence-corrected chi connectivity index (χ2v) is 8.76. The molecule has 0 radical (unpaired) electrons. The summed E-state index contributed by atoms with van der Waals surface area (Å²) in [6.45, 7) is 5.24. The van der Waals surface area contributed by atoms with E-state index >= 15 is 0 Å². The van der Waals surface area contributed by atoms with Gasteiger partial charge in [-0.05, 0) is 73.6 Å². The van der Waals surface area contributed by atoms with Gasteiger partial charge in [-0.25, -0.2) is 4.39 Å². The number of rotatable bonds is 8. The SMILES string of the molecule is CCOc1ccc2[nH]c(=O)c(CN(Cc3ccc(F)cc3)C(=S)N[C@H](C)c3ccccc3)cc2c1. The van der Waals surface area contributed by atoms with Crippen molar-refractivity contribution in [1.29, 1.82) is 0 Å². The third kappa shape index (κ3) is 6.25. The van der Waals surface area contributed by atoms with Gasteiger partial charge in [0.15, 0.2) is 5.11 Å². The summed E-state index contributed by atoms with van der Waals surface area (Å²) in [5.74, 6) is 0.449. The van der Waals surface area contributed by atoms with Gasteiger partial charge in [0.25, 0.3) is 5.56 Å². The third-order valence-electron chi connectivity index (χ3n) is 5.78. The number of benzene rings is 3. The van der Waals surface area contributed by atoms with Crippen LogP contribution in [0.1, 0.15) is 36.6 Å². The van der Waals surface area contributed by atoms with Gasteiger partial charge in [0.2, 0.25) is 0 Å². The molecule has 180 valence electrons. The predicted octanol–water partition coefficient (Wildman–Crippen LogP) is 5.70. The normalized spacial score (nSPS) is 11.7. The molecule has 1 heterocycles. The first-order valence-electron chi connectivity index (χ1n) is 11.6. The highest BCUT2D eigenvalue weighted by atomic mass is 32.1. The Morgan fingerprint density at radius 2 is 1.80 bits per heavy atom. The van der Waals surface area contributed by atoms with Gasteiger partial charge in [-0.1, -0.05) is 42.5 Å². The average Bonchev–Trinajstić information content (AvgIpc) is 2.86. The van der Waals surface area contributed by atoms with Crippen molar-refractivity contribution in [3.8, 4) is 5.75 Å². The number of pyridine rings is 1. The molecule has 0 spiro atoms. The molecule has 0 aliphatic rings. The maximum absolute atomic E-state index is 13.5. The Kier molecular flexibility index (Phi) is 7.77. The number of halogens is 1. The van der Waals surface area contributed by atoms with Crippen LogP contribution in [0.15, 0.2) is 83.7 Å². The Morgan fingerprint density at radius 1 is 1.06 bits per heavy atom. The molecule has 0 aliphatic heterocycles. The van der Waals surface area contributed by atoms with Crippen molar-refractivity contribution in [3.63, 3.8) is 0 Å². The first-order chi connectivity index (χ1) is 16.9. The fraction of sp³-hybridized carbons (Fsp3) is 0.214. The van der Waals surface area contributed by atoms with Gasteiger partial charge in [-0.2, -0.15) is 0 Å². The first-order valence-corrected chi connectivity index (χ1v) is 12.0. The van der Waals surface area contributed by atoms with Gasteiger partial charge in [0.1, 0.15) is 11.6 Å². The standard InChI is InChI=1S/C28H28FN3O2S/c1-3-34-25-13-14-26-22(16-25)15-23(27(33)31-26)18-32(17-20-9-11-24(29)12-10-20)28(35)30-19(2)21-7-5-4-6-8-21/h4-16,19H,3,17-18H2,1-2H3,(H,30,35)(H,31,33)/t19-/m1/s1. The molecular weight excluding hydrogens is 461 g/mol. The van der Waals surface area contributed by atoms with E-state index in [1.807, 2.05) is 73.3 Å². The number of aromatic nitrogens is 1. The maximum atomic E-state index is 13.5. The Morgan fingerprint density at radius 3 is 2.51 bits per heavy atom. The summed E-state index contributed by atoms with van der Waals surface area (Å²) in [5, 5.41) is 4.77. The lowest BCUT2D eigenvalue weighted by Gasteiger charge is -2.28. The van der Waals surface area contributed by atoms with Gasteiger partial charge in [-0.15, -0.1) is 0 Å². The van der Waals surface area contributed by atoms with Gasteiger partial charge in [0, 0.05) is 23.0 Å². The van der Waals surface area contributed by atoms with Crippen LogP contribution in [0, 0.1) is 5.82 Å². The molecule has 2 N–H and O–H groups in total. The highest BCUT2D eigenvalue weighted by molar-refractivity contribution is 7.80. The zero-order valence-corrected chi connectivity index (χ0v) is 20.6. The van der Waals surface area contributed by atoms with Crippen LogP contribution < -0.4 is 15.6 Å². The van der Waals surface area contributed by atoms with E-state index in [4.69, 9.17) is 17.0 Å². The number of H-pyrrole nitrogens is 1. The monoisotopic (exact) mass is 489 g/mol. The van der Waals surface area contributed by atoms with Crippen molar-refractivity contribution in [2.24, 2.45) is 0 Å². The Balaban J connectivity index is 1.62. The van der Waals surface area contributed by atoms with Crippen LogP contribution in [0.2, 0.25) is 0 Å². The van der Waals surface area contributed by atoms with Crippen LogP contribution in [-0.2, 0) is 13.1 Å². The molecule has 0 unspecified atom stereocenters. The van der Waals surface area contributed by atoms with Crippen molar-refractivity contribution in [1.82, 2.24) is 15.2 Å². The second kappa shape index (κ2) is 11.1. The van der Waals surface area contributed by atoms with E-state index in [-0.39, 0.29) is 24.0 Å². The summed E-state index contributed by atoms with van der Waals surface area (Å²) in [6, 6.07) is 23.8. The van der Waals surface area contributed by atoms with Crippen LogP contribution in [0.5, 0.6) is 5.75 Å². The fourth-order valence-electron chi connectivity index (χ4n) is 3.92. The largest absolute Gasteiger partial charge is 0.494 e. The second-order valence-electron chi connectivity index (χ2n) is 8.37. The number of nitrogens with one attached hydrogen (secondary N) is 2. The number of ether oxygens (including phenoxy) is 1. The fourth-order valence-corrected chi connectivity index (χ4v) is 4.23. The van der Waals surface area contributed by atoms with Crippen LogP contribution >= 0.6 is 12.2 Å². The van der Waals surface area contributed by atoms with E-state index in [1.54, 1.807) is 12.1 Å². The summed E-state index contributed by atoms with van der Waals surface area (Å²) >= 11 is 5.78. The smallest absolute Gasteiger partial charge is 0.253 e. The number of hydrogen-bond acceptors (Lipinski definition) is 3. The molecule has 1 atom stereocenters. The molecule has 0 aliphatic carbocycles. The molecule has 35 heavy (non-hydrogen) atoms. The predicted molar refractivity (Wildman–Crippen MR) is 142 cm³/mol. The summed E-state index contributed by atoms with van der Waals surface area (Å²) in [4.78, 5) is 17.8. The van der Waals surface area contributed by atoms with Crippen LogP contribution in [-0.4, -0.2) is 21.6 Å². The number of thiocarbonyl (C=S) groups is 1. The minimum Gasteiger partial charge on any atom is -0.494 e. The zero-order valence-electron chi connectivity index (χ0n) is 19.8. The van der Waals surface area contributed by atoms with Gasteiger partial charge >= 0.3 is 0 Å². The summed E-state index contributed by atoms with van der Waals surface area (Å²) in [6.07, 6.45) is 0. The molecule has 5 nitrogen and oxygen atoms in total. The minimum atomic E-state index is -0.297. The average molecular weight is 490 g/mol. The topological polar surface area (TPSA) is 57.4 Å². The lowest BCUT2D eigenvalue weighted by Crippen LogP contribution is -2.41. The number of aromatic amines is 1. The van der Waals surface area contributed by atoms with Crippen molar-refractivity contribution in [2.45, 2.75) is 33.0 Å². The number of nitrogens with zero attached hydrogens (tertiary/aromatic N) is 1. The van der Waals surface area contributed by atoms with Crippen molar-refractivity contribution in [2.75, 3.05) is 6.61 Å². The van der Waals surface area contributed by atoms with Gasteiger partial charge < -0.3 is 19.9 Å². The van der Waals surface area contributed by atoms with E-state index in [0.717, 1.165) is 27.8 Å². The molecule has 1 aromatic heterocycles. The summed E-state index contributed by atoms with van der Waals surface area (Å²) in [7, 11) is 0. The molecule has 4 rings (SSSR count). The zero-order chi connectivity index (χ0) is 24.8. The first kappa shape index (κ1) is 24.4. The Hall–Kier alpha value is -3.71. The van der Waals surface area contributed by atoms with Crippen molar-refractivity contribution < 1.29 is 9.13 Å². The summed E-state index contributed by atoms with van der Waals surface area (Å²) < 4.78 is 19.1. The molecule has 7 heteroatoms. The number of hydrogen-bond donors (Lipinski definition) is 2. The van der Waals surface area contributed by atoms with E-state index in [1.165, 1.54) is 12.1 Å². The van der Waals surface area contributed by atoms with E-state index in [9.17, 15) is 9.18 Å². The summed E-state index contributed by atoms with van der Waals surface area (Å²) in [5.41, 5.74) is 3.13. The lowest BCUT2D eigenvalue weighted by molar-refractivity contribution is 0.340. The molecule has 3 aromatic carbocycles. The van der Waals surface area contributed by atoms with Gasteiger partial charge in [0.05, 0.1) is 19.2 Å². The van der Waals surface area contributed by atoms with Crippen molar-refractivity contribution >= 4 is 28.2 Å². The quantitative estimate of drug-likeness (QED) is 0.311. The van der Waals surface area contributed by atoms with E-state index in [0.29, 0.717) is 23.8 Å². The minimum absolute atomic E-state index is 0.0249. The molecular formula is C28H28FN3O2S. The Labute approximate surface area is 209 Å². The number of fused-ring (bicyclic) bond motifs is 1. The molecule has 4 aromatic rings. The molecule has 0 amide bonds. The van der Waals surface area contributed by atoms with E-state index < -0.39 is 0 Å². The van der Waals surface area contributed by atoms with Crippen LogP contribution in [0.25, 0.3) is 10.9 Å². The van der Waals surface area contributed by atoms with Crippen LogP contribution in [0.4, 0.5) is 4.39 Å². The molecule has 0 saturated heterocycles. The Bertz CT molecular complexity index is 1360. The van der Waals surface area contributed by atoms with E-state index in [2.05, 4.69) is 10.3 Å². The highest BCUT2D eigenvalue weighted by Gasteiger charge is 2.17. The maximum Gasteiger partial charge on any atom is 0.253 e.